The molecule has 1 saturated heterocycles. The van der Waals surface area contributed by atoms with Gasteiger partial charge in [-0.3, -0.25) is 4.79 Å². The van der Waals surface area contributed by atoms with Gasteiger partial charge in [-0.05, 0) is 25.8 Å². The van der Waals surface area contributed by atoms with Crippen molar-refractivity contribution in [3.63, 3.8) is 0 Å². The van der Waals surface area contributed by atoms with Crippen LogP contribution in [0.3, 0.4) is 0 Å². The van der Waals surface area contributed by atoms with E-state index >= 15 is 0 Å². The maximum Gasteiger partial charge on any atom is 0.268 e. The number of nitrogens with zero attached hydrogens (tertiary/aromatic N) is 3. The molecule has 1 aromatic carbocycles. The Morgan fingerprint density at radius 1 is 1.40 bits per heavy atom. The van der Waals surface area contributed by atoms with Gasteiger partial charge in [-0.25, -0.2) is 4.98 Å². The lowest BCUT2D eigenvalue weighted by Crippen LogP contribution is -2.36. The first-order valence-electron chi connectivity index (χ1n) is 8.57. The normalized spacial score (nSPS) is 17.3. The molecule has 0 bridgehead atoms. The summed E-state index contributed by atoms with van der Waals surface area (Å²) in [5.74, 6) is 0.243. The molecule has 2 heterocycles. The molecule has 0 radical (unpaired) electrons. The summed E-state index contributed by atoms with van der Waals surface area (Å²) in [4.78, 5) is 21.9. The molecule has 0 aliphatic carbocycles. The van der Waals surface area contributed by atoms with E-state index in [2.05, 4.69) is 9.88 Å². The molecule has 1 atom stereocenters. The molecular formula is C18H25N5OS. The largest absolute Gasteiger partial charge is 0.382 e. The molecule has 134 valence electrons. The molecule has 6 nitrogen and oxygen atoms in total. The highest BCUT2D eigenvalue weighted by Crippen LogP contribution is 2.31. The Labute approximate surface area is 152 Å². The van der Waals surface area contributed by atoms with Crippen molar-refractivity contribution in [2.45, 2.75) is 38.9 Å². The van der Waals surface area contributed by atoms with Gasteiger partial charge in [-0.15, -0.1) is 0 Å². The van der Waals surface area contributed by atoms with Crippen LogP contribution in [0.5, 0.6) is 0 Å². The Hall–Kier alpha value is -2.12. The highest BCUT2D eigenvalue weighted by atomic mass is 32.1. The molecule has 1 amide bonds. The Morgan fingerprint density at radius 2 is 2.12 bits per heavy atom. The molecule has 25 heavy (non-hydrogen) atoms. The standard InChI is InChI=1S/C18H25N5OS/c1-12(2)23(10-13-6-4-3-5-7-13)17(24)15-16(20)21-18(25-15)22-9-8-14(19)11-22/h3-7,12,14H,8-11,19-20H2,1-2H3. The molecule has 1 unspecified atom stereocenters. The maximum absolute atomic E-state index is 13.1. The molecule has 1 aliphatic heterocycles. The van der Waals surface area contributed by atoms with Crippen molar-refractivity contribution in [3.05, 3.63) is 40.8 Å². The van der Waals surface area contributed by atoms with E-state index in [1.807, 2.05) is 49.1 Å². The predicted molar refractivity (Wildman–Crippen MR) is 103 cm³/mol. The van der Waals surface area contributed by atoms with Gasteiger partial charge in [0.1, 0.15) is 10.7 Å². The Morgan fingerprint density at radius 3 is 2.72 bits per heavy atom. The quantitative estimate of drug-likeness (QED) is 0.855. The van der Waals surface area contributed by atoms with E-state index in [0.717, 1.165) is 30.2 Å². The molecule has 7 heteroatoms. The van der Waals surface area contributed by atoms with Crippen molar-refractivity contribution < 1.29 is 4.79 Å². The Balaban J connectivity index is 1.81. The SMILES string of the molecule is CC(C)N(Cc1ccccc1)C(=O)c1sc(N2CCC(N)C2)nc1N. The van der Waals surface area contributed by atoms with E-state index in [4.69, 9.17) is 11.5 Å². The van der Waals surface area contributed by atoms with E-state index in [1.165, 1.54) is 11.3 Å². The van der Waals surface area contributed by atoms with E-state index in [9.17, 15) is 4.79 Å². The molecule has 1 aliphatic rings. The first kappa shape index (κ1) is 17.7. The minimum Gasteiger partial charge on any atom is -0.382 e. The van der Waals surface area contributed by atoms with Gasteiger partial charge in [-0.1, -0.05) is 41.7 Å². The molecular weight excluding hydrogens is 334 g/mol. The number of amides is 1. The van der Waals surface area contributed by atoms with Crippen LogP contribution in [-0.4, -0.2) is 41.0 Å². The monoisotopic (exact) mass is 359 g/mol. The molecule has 0 saturated carbocycles. The number of hydrogen-bond acceptors (Lipinski definition) is 6. The van der Waals surface area contributed by atoms with Crippen molar-refractivity contribution in [2.75, 3.05) is 23.7 Å². The average Bonchev–Trinajstić information content (AvgIpc) is 3.18. The summed E-state index contributed by atoms with van der Waals surface area (Å²) in [6.45, 7) is 6.20. The van der Waals surface area contributed by atoms with Gasteiger partial charge in [0.2, 0.25) is 0 Å². The number of benzene rings is 1. The van der Waals surface area contributed by atoms with Crippen molar-refractivity contribution in [3.8, 4) is 0 Å². The van der Waals surface area contributed by atoms with Crippen LogP contribution in [0.2, 0.25) is 0 Å². The zero-order chi connectivity index (χ0) is 18.0. The van der Waals surface area contributed by atoms with Crippen LogP contribution < -0.4 is 16.4 Å². The summed E-state index contributed by atoms with van der Waals surface area (Å²) in [5.41, 5.74) is 13.1. The average molecular weight is 359 g/mol. The van der Waals surface area contributed by atoms with Gasteiger partial charge in [0, 0.05) is 31.7 Å². The zero-order valence-electron chi connectivity index (χ0n) is 14.7. The van der Waals surface area contributed by atoms with Crippen molar-refractivity contribution in [2.24, 2.45) is 5.73 Å². The van der Waals surface area contributed by atoms with Crippen molar-refractivity contribution in [1.29, 1.82) is 0 Å². The van der Waals surface area contributed by atoms with Crippen molar-refractivity contribution >= 4 is 28.2 Å². The number of nitrogen functional groups attached to an aromatic ring is 1. The third kappa shape index (κ3) is 3.93. The smallest absolute Gasteiger partial charge is 0.268 e. The summed E-state index contributed by atoms with van der Waals surface area (Å²) in [6.07, 6.45) is 0.939. The fraction of sp³-hybridized carbons (Fsp3) is 0.444. The Bertz CT molecular complexity index is 730. The third-order valence-corrected chi connectivity index (χ3v) is 5.53. The van der Waals surface area contributed by atoms with Gasteiger partial charge in [0.25, 0.3) is 5.91 Å². The van der Waals surface area contributed by atoms with Crippen LogP contribution in [0.1, 0.15) is 35.5 Å². The maximum atomic E-state index is 13.1. The molecule has 0 spiro atoms. The number of thiazole rings is 1. The van der Waals surface area contributed by atoms with Crippen LogP contribution in [0.25, 0.3) is 0 Å². The molecule has 3 rings (SSSR count). The number of aromatic nitrogens is 1. The van der Waals surface area contributed by atoms with Gasteiger partial charge in [-0.2, -0.15) is 0 Å². The number of anilines is 2. The topological polar surface area (TPSA) is 88.5 Å². The van der Waals surface area contributed by atoms with Crippen LogP contribution >= 0.6 is 11.3 Å². The number of nitrogens with two attached hydrogens (primary N) is 2. The number of carbonyl (C=O) groups is 1. The molecule has 2 aromatic rings. The number of carbonyl (C=O) groups excluding carboxylic acids is 1. The van der Waals surface area contributed by atoms with Crippen LogP contribution in [0.15, 0.2) is 30.3 Å². The van der Waals surface area contributed by atoms with Gasteiger partial charge in [0.15, 0.2) is 5.13 Å². The summed E-state index contributed by atoms with van der Waals surface area (Å²) >= 11 is 1.37. The minimum atomic E-state index is -0.0661. The summed E-state index contributed by atoms with van der Waals surface area (Å²) in [6, 6.07) is 10.2. The first-order chi connectivity index (χ1) is 12.0. The third-order valence-electron chi connectivity index (χ3n) is 4.41. The second-order valence-corrected chi connectivity index (χ2v) is 7.70. The van der Waals surface area contributed by atoms with E-state index in [1.54, 1.807) is 0 Å². The highest BCUT2D eigenvalue weighted by molar-refractivity contribution is 7.18. The predicted octanol–water partition coefficient (Wildman–Crippen LogP) is 2.31. The summed E-state index contributed by atoms with van der Waals surface area (Å²) < 4.78 is 0. The lowest BCUT2D eigenvalue weighted by molar-refractivity contribution is 0.0696. The van der Waals surface area contributed by atoms with Crippen molar-refractivity contribution in [1.82, 2.24) is 9.88 Å². The van der Waals surface area contributed by atoms with E-state index < -0.39 is 0 Å². The molecule has 1 aromatic heterocycles. The summed E-state index contributed by atoms with van der Waals surface area (Å²) in [5, 5.41) is 0.789. The number of hydrogen-bond donors (Lipinski definition) is 2. The highest BCUT2D eigenvalue weighted by Gasteiger charge is 2.28. The second-order valence-electron chi connectivity index (χ2n) is 6.72. The van der Waals surface area contributed by atoms with Gasteiger partial charge in [0.05, 0.1) is 0 Å². The Kier molecular flexibility index (Phi) is 5.24. The van der Waals surface area contributed by atoms with E-state index in [-0.39, 0.29) is 18.0 Å². The lowest BCUT2D eigenvalue weighted by atomic mass is 10.2. The van der Waals surface area contributed by atoms with Crippen LogP contribution in [0.4, 0.5) is 10.9 Å². The molecule has 4 N–H and O–H groups in total. The van der Waals surface area contributed by atoms with Crippen LogP contribution in [0, 0.1) is 0 Å². The fourth-order valence-electron chi connectivity index (χ4n) is 2.97. The number of rotatable bonds is 5. The second kappa shape index (κ2) is 7.41. The fourth-order valence-corrected chi connectivity index (χ4v) is 3.95. The zero-order valence-corrected chi connectivity index (χ0v) is 15.5. The first-order valence-corrected chi connectivity index (χ1v) is 9.39. The lowest BCUT2D eigenvalue weighted by Gasteiger charge is -2.26. The molecule has 1 fully saturated rings. The van der Waals surface area contributed by atoms with Gasteiger partial charge >= 0.3 is 0 Å². The minimum absolute atomic E-state index is 0.0661. The van der Waals surface area contributed by atoms with E-state index in [0.29, 0.717) is 17.2 Å². The van der Waals surface area contributed by atoms with Gasteiger partial charge < -0.3 is 21.3 Å². The summed E-state index contributed by atoms with van der Waals surface area (Å²) in [7, 11) is 0. The van der Waals surface area contributed by atoms with Crippen LogP contribution in [-0.2, 0) is 6.54 Å².